The molecule has 0 heterocycles. The number of halogens is 4. The molecule has 102 valence electrons. The number of carbonyl (C=O) groups excluding carboxylic acids is 1. The van der Waals surface area contributed by atoms with Crippen LogP contribution in [0.2, 0.25) is 0 Å². The number of nitrogens with zero attached hydrogens (tertiary/aromatic N) is 1. The highest BCUT2D eigenvalue weighted by molar-refractivity contribution is 9.08. The van der Waals surface area contributed by atoms with Gasteiger partial charge >= 0.3 is 12.1 Å². The topological polar surface area (TPSA) is 50.1 Å². The van der Waals surface area contributed by atoms with Crippen LogP contribution in [0.5, 0.6) is 0 Å². The van der Waals surface area contributed by atoms with E-state index in [0.717, 1.165) is 12.1 Å². The Hall–Kier alpha value is -1.55. The summed E-state index contributed by atoms with van der Waals surface area (Å²) < 4.78 is 43.7. The van der Waals surface area contributed by atoms with Gasteiger partial charge in [-0.1, -0.05) is 15.9 Å². The van der Waals surface area contributed by atoms with Crippen LogP contribution in [0.1, 0.15) is 34.0 Å². The van der Waals surface area contributed by atoms with Crippen LogP contribution in [0.25, 0.3) is 0 Å². The Labute approximate surface area is 116 Å². The minimum atomic E-state index is -4.70. The average molecular weight is 336 g/mol. The lowest BCUT2D eigenvalue weighted by Gasteiger charge is -2.16. The second-order valence-corrected chi connectivity index (χ2v) is 4.08. The van der Waals surface area contributed by atoms with E-state index in [2.05, 4.69) is 20.7 Å². The van der Waals surface area contributed by atoms with Gasteiger partial charge in [0.05, 0.1) is 29.4 Å². The van der Waals surface area contributed by atoms with Crippen molar-refractivity contribution in [1.82, 2.24) is 0 Å². The zero-order chi connectivity index (χ0) is 14.6. The maximum Gasteiger partial charge on any atom is 0.417 e. The number of esters is 1. The zero-order valence-corrected chi connectivity index (χ0v) is 11.4. The SMILES string of the molecule is CCOC(=O)c1cc(C#N)cc(CBr)c1C(F)(F)F. The Bertz CT molecular complexity index is 535. The van der Waals surface area contributed by atoms with Crippen LogP contribution in [-0.4, -0.2) is 12.6 Å². The predicted octanol–water partition coefficient (Wildman–Crippen LogP) is 3.65. The Morgan fingerprint density at radius 1 is 1.47 bits per heavy atom. The van der Waals surface area contributed by atoms with E-state index in [1.54, 1.807) is 6.07 Å². The van der Waals surface area contributed by atoms with Gasteiger partial charge < -0.3 is 4.74 Å². The van der Waals surface area contributed by atoms with Crippen molar-refractivity contribution in [3.8, 4) is 6.07 Å². The van der Waals surface area contributed by atoms with Gasteiger partial charge in [-0.15, -0.1) is 0 Å². The van der Waals surface area contributed by atoms with Crippen molar-refractivity contribution in [2.75, 3.05) is 6.61 Å². The predicted molar refractivity (Wildman–Crippen MR) is 64.7 cm³/mol. The number of hydrogen-bond donors (Lipinski definition) is 0. The van der Waals surface area contributed by atoms with E-state index in [1.807, 2.05) is 0 Å². The van der Waals surface area contributed by atoms with Gasteiger partial charge in [0, 0.05) is 5.33 Å². The minimum absolute atomic E-state index is 0.0227. The summed E-state index contributed by atoms with van der Waals surface area (Å²) in [5, 5.41) is 8.67. The van der Waals surface area contributed by atoms with Crippen molar-refractivity contribution in [2.45, 2.75) is 18.4 Å². The molecule has 0 atom stereocenters. The zero-order valence-electron chi connectivity index (χ0n) is 9.84. The number of benzene rings is 1. The van der Waals surface area contributed by atoms with Crippen molar-refractivity contribution in [3.63, 3.8) is 0 Å². The summed E-state index contributed by atoms with van der Waals surface area (Å²) in [6.45, 7) is 1.45. The van der Waals surface area contributed by atoms with Crippen molar-refractivity contribution in [3.05, 3.63) is 34.4 Å². The molecule has 1 rings (SSSR count). The first kappa shape index (κ1) is 15.5. The molecule has 0 aliphatic carbocycles. The van der Waals surface area contributed by atoms with E-state index in [0.29, 0.717) is 0 Å². The third kappa shape index (κ3) is 3.47. The second kappa shape index (κ2) is 6.06. The molecule has 1 aromatic carbocycles. The van der Waals surface area contributed by atoms with E-state index in [1.165, 1.54) is 6.92 Å². The number of carbonyl (C=O) groups is 1. The lowest BCUT2D eigenvalue weighted by atomic mass is 9.98. The first-order chi connectivity index (χ1) is 8.85. The van der Waals surface area contributed by atoms with Crippen LogP contribution in [0.4, 0.5) is 13.2 Å². The molecular formula is C12H9BrF3NO2. The van der Waals surface area contributed by atoms with E-state index in [9.17, 15) is 18.0 Å². The molecular weight excluding hydrogens is 327 g/mol. The highest BCUT2D eigenvalue weighted by Crippen LogP contribution is 2.36. The smallest absolute Gasteiger partial charge is 0.417 e. The van der Waals surface area contributed by atoms with Crippen molar-refractivity contribution < 1.29 is 22.7 Å². The average Bonchev–Trinajstić information content (AvgIpc) is 2.36. The normalized spacial score (nSPS) is 10.9. The lowest BCUT2D eigenvalue weighted by molar-refractivity contribution is -0.138. The van der Waals surface area contributed by atoms with Gasteiger partial charge in [0.2, 0.25) is 0 Å². The summed E-state index contributed by atoms with van der Waals surface area (Å²) in [5.41, 5.74) is -1.90. The van der Waals surface area contributed by atoms with Crippen LogP contribution < -0.4 is 0 Å². The van der Waals surface area contributed by atoms with Crippen LogP contribution in [-0.2, 0) is 16.2 Å². The number of nitriles is 1. The van der Waals surface area contributed by atoms with Crippen LogP contribution in [0, 0.1) is 11.3 Å². The fourth-order valence-electron chi connectivity index (χ4n) is 1.58. The van der Waals surface area contributed by atoms with Gasteiger partial charge in [0.15, 0.2) is 0 Å². The van der Waals surface area contributed by atoms with Gasteiger partial charge in [0.1, 0.15) is 0 Å². The van der Waals surface area contributed by atoms with Gasteiger partial charge in [-0.3, -0.25) is 0 Å². The monoisotopic (exact) mass is 335 g/mol. The summed E-state index contributed by atoms with van der Waals surface area (Å²) in [4.78, 5) is 11.6. The third-order valence-electron chi connectivity index (χ3n) is 2.27. The van der Waals surface area contributed by atoms with Crippen LogP contribution in [0.15, 0.2) is 12.1 Å². The summed E-state index contributed by atoms with van der Waals surface area (Å²) in [5.74, 6) is -1.09. The van der Waals surface area contributed by atoms with Crippen molar-refractivity contribution >= 4 is 21.9 Å². The van der Waals surface area contributed by atoms with E-state index in [-0.39, 0.29) is 23.1 Å². The fourth-order valence-corrected chi connectivity index (χ4v) is 2.02. The van der Waals surface area contributed by atoms with E-state index in [4.69, 9.17) is 5.26 Å². The molecule has 0 bridgehead atoms. The molecule has 0 fully saturated rings. The molecule has 0 aliphatic rings. The maximum absolute atomic E-state index is 13.0. The Balaban J connectivity index is 3.57. The first-order valence-electron chi connectivity index (χ1n) is 5.22. The molecule has 7 heteroatoms. The van der Waals surface area contributed by atoms with Gasteiger partial charge in [-0.2, -0.15) is 18.4 Å². The van der Waals surface area contributed by atoms with E-state index < -0.39 is 23.3 Å². The minimum Gasteiger partial charge on any atom is -0.462 e. The molecule has 0 saturated carbocycles. The van der Waals surface area contributed by atoms with Gasteiger partial charge in [0.25, 0.3) is 0 Å². The summed E-state index contributed by atoms with van der Waals surface area (Å²) in [6.07, 6.45) is -4.70. The largest absolute Gasteiger partial charge is 0.462 e. The standard InChI is InChI=1S/C12H9BrF3NO2/c1-2-19-11(18)9-4-7(6-17)3-8(5-13)10(9)12(14,15)16/h3-4H,2,5H2,1H3. The summed E-state index contributed by atoms with van der Waals surface area (Å²) in [7, 11) is 0. The van der Waals surface area contributed by atoms with Gasteiger partial charge in [-0.05, 0) is 24.6 Å². The molecule has 0 N–H and O–H groups in total. The molecule has 0 aliphatic heterocycles. The summed E-state index contributed by atoms with van der Waals surface area (Å²) >= 11 is 2.92. The number of hydrogen-bond acceptors (Lipinski definition) is 3. The number of alkyl halides is 4. The molecule has 1 aromatic rings. The Morgan fingerprint density at radius 2 is 2.11 bits per heavy atom. The van der Waals surface area contributed by atoms with Crippen molar-refractivity contribution in [1.29, 1.82) is 5.26 Å². The number of rotatable bonds is 3. The Kier molecular flexibility index (Phi) is 4.95. The highest BCUT2D eigenvalue weighted by Gasteiger charge is 2.38. The molecule has 0 amide bonds. The molecule has 0 spiro atoms. The molecule has 0 aromatic heterocycles. The quantitative estimate of drug-likeness (QED) is 0.625. The third-order valence-corrected chi connectivity index (χ3v) is 2.88. The highest BCUT2D eigenvalue weighted by atomic mass is 79.9. The van der Waals surface area contributed by atoms with Crippen LogP contribution in [0.3, 0.4) is 0 Å². The fraction of sp³-hybridized carbons (Fsp3) is 0.333. The van der Waals surface area contributed by atoms with Crippen LogP contribution >= 0.6 is 15.9 Å². The maximum atomic E-state index is 13.0. The molecule has 19 heavy (non-hydrogen) atoms. The molecule has 0 unspecified atom stereocenters. The molecule has 3 nitrogen and oxygen atoms in total. The van der Waals surface area contributed by atoms with E-state index >= 15 is 0 Å². The summed E-state index contributed by atoms with van der Waals surface area (Å²) in [6, 6.07) is 3.72. The second-order valence-electron chi connectivity index (χ2n) is 3.52. The number of ether oxygens (including phenoxy) is 1. The first-order valence-corrected chi connectivity index (χ1v) is 6.34. The van der Waals surface area contributed by atoms with Crippen molar-refractivity contribution in [2.24, 2.45) is 0 Å². The lowest BCUT2D eigenvalue weighted by Crippen LogP contribution is -2.18. The molecule has 0 saturated heterocycles. The molecule has 0 radical (unpaired) electrons. The Morgan fingerprint density at radius 3 is 2.53 bits per heavy atom. The van der Waals surface area contributed by atoms with Gasteiger partial charge in [-0.25, -0.2) is 4.79 Å².